The van der Waals surface area contributed by atoms with Crippen LogP contribution < -0.4 is 10.6 Å². The number of guanidine groups is 1. The second-order valence-electron chi connectivity index (χ2n) is 7.48. The summed E-state index contributed by atoms with van der Waals surface area (Å²) in [5.41, 5.74) is 3.77. The average molecular weight is 544 g/mol. The second-order valence-corrected chi connectivity index (χ2v) is 8.26. The summed E-state index contributed by atoms with van der Waals surface area (Å²) >= 11 is 1.74. The maximum absolute atomic E-state index is 6.05. The lowest BCUT2D eigenvalue weighted by molar-refractivity contribution is -0.0390. The monoisotopic (exact) mass is 543 g/mol. The van der Waals surface area contributed by atoms with Crippen molar-refractivity contribution in [3.05, 3.63) is 57.8 Å². The Morgan fingerprint density at radius 3 is 2.77 bits per heavy atom. The molecule has 1 aromatic heterocycles. The van der Waals surface area contributed by atoms with E-state index >= 15 is 0 Å². The number of hydrogen-bond acceptors (Lipinski definition) is 4. The minimum absolute atomic E-state index is 0. The SMILES string of the molecule is CCNC(=NCc1cccc(COC2CCOCC2)c1)NCC(C)c1ccsc1.I. The average Bonchev–Trinajstić information content (AvgIpc) is 3.30. The van der Waals surface area contributed by atoms with Crippen molar-refractivity contribution >= 4 is 41.3 Å². The van der Waals surface area contributed by atoms with E-state index in [0.29, 0.717) is 25.2 Å². The highest BCUT2D eigenvalue weighted by atomic mass is 127. The van der Waals surface area contributed by atoms with Crippen molar-refractivity contribution in [2.45, 2.75) is 51.9 Å². The van der Waals surface area contributed by atoms with Crippen molar-refractivity contribution in [1.82, 2.24) is 10.6 Å². The number of nitrogens with zero attached hydrogens (tertiary/aromatic N) is 1. The zero-order valence-electron chi connectivity index (χ0n) is 17.9. The molecule has 0 aliphatic carbocycles. The topological polar surface area (TPSA) is 54.9 Å². The molecule has 5 nitrogen and oxygen atoms in total. The van der Waals surface area contributed by atoms with Gasteiger partial charge in [0, 0.05) is 26.3 Å². The van der Waals surface area contributed by atoms with Crippen LogP contribution in [0.2, 0.25) is 0 Å². The molecule has 1 atom stereocenters. The highest BCUT2D eigenvalue weighted by Crippen LogP contribution is 2.17. The molecule has 1 aliphatic rings. The predicted octanol–water partition coefficient (Wildman–Crippen LogP) is 4.92. The molecule has 1 fully saturated rings. The van der Waals surface area contributed by atoms with E-state index in [9.17, 15) is 0 Å². The van der Waals surface area contributed by atoms with E-state index in [1.165, 1.54) is 16.7 Å². The van der Waals surface area contributed by atoms with Gasteiger partial charge in [-0.15, -0.1) is 24.0 Å². The van der Waals surface area contributed by atoms with E-state index < -0.39 is 0 Å². The van der Waals surface area contributed by atoms with E-state index in [2.05, 4.69) is 65.6 Å². The van der Waals surface area contributed by atoms with Crippen molar-refractivity contribution in [3.63, 3.8) is 0 Å². The Morgan fingerprint density at radius 1 is 1.23 bits per heavy atom. The minimum Gasteiger partial charge on any atom is -0.381 e. The summed E-state index contributed by atoms with van der Waals surface area (Å²) in [6.45, 7) is 8.95. The lowest BCUT2D eigenvalue weighted by atomic mass is 10.1. The van der Waals surface area contributed by atoms with Gasteiger partial charge in [0.25, 0.3) is 0 Å². The van der Waals surface area contributed by atoms with E-state index in [1.54, 1.807) is 11.3 Å². The number of halogens is 1. The first kappa shape index (κ1) is 25.1. The maximum atomic E-state index is 6.05. The minimum atomic E-state index is 0. The van der Waals surface area contributed by atoms with Crippen molar-refractivity contribution in [1.29, 1.82) is 0 Å². The molecule has 3 rings (SSSR count). The van der Waals surface area contributed by atoms with Gasteiger partial charge in [-0.2, -0.15) is 11.3 Å². The van der Waals surface area contributed by atoms with E-state index in [-0.39, 0.29) is 24.0 Å². The van der Waals surface area contributed by atoms with Crippen LogP contribution in [0.5, 0.6) is 0 Å². The molecule has 0 amide bonds. The first-order chi connectivity index (χ1) is 14.2. The van der Waals surface area contributed by atoms with Gasteiger partial charge in [-0.3, -0.25) is 0 Å². The Kier molecular flexibility index (Phi) is 11.7. The molecule has 0 spiro atoms. The fourth-order valence-corrected chi connectivity index (χ4v) is 4.09. The van der Waals surface area contributed by atoms with E-state index in [0.717, 1.165) is 45.1 Å². The lowest BCUT2D eigenvalue weighted by Gasteiger charge is -2.22. The lowest BCUT2D eigenvalue weighted by Crippen LogP contribution is -2.39. The maximum Gasteiger partial charge on any atom is 0.191 e. The van der Waals surface area contributed by atoms with Crippen LogP contribution in [-0.4, -0.2) is 38.4 Å². The summed E-state index contributed by atoms with van der Waals surface area (Å²) in [5, 5.41) is 11.2. The molecule has 0 saturated carbocycles. The normalized spacial score (nSPS) is 16.0. The summed E-state index contributed by atoms with van der Waals surface area (Å²) in [5.74, 6) is 1.31. The molecule has 1 unspecified atom stereocenters. The Hall–Kier alpha value is -1.16. The van der Waals surface area contributed by atoms with Crippen molar-refractivity contribution in [2.24, 2.45) is 4.99 Å². The third kappa shape index (κ3) is 8.53. The molecular formula is C23H34IN3O2S. The summed E-state index contributed by atoms with van der Waals surface area (Å²) in [6, 6.07) is 10.7. The van der Waals surface area contributed by atoms with Crippen LogP contribution in [0.15, 0.2) is 46.1 Å². The van der Waals surface area contributed by atoms with Gasteiger partial charge in [-0.1, -0.05) is 31.2 Å². The van der Waals surface area contributed by atoms with Crippen LogP contribution in [0, 0.1) is 0 Å². The Labute approximate surface area is 201 Å². The molecule has 2 N–H and O–H groups in total. The number of hydrogen-bond donors (Lipinski definition) is 2. The molecule has 1 aromatic carbocycles. The second kappa shape index (κ2) is 14.0. The Bertz CT molecular complexity index is 749. The fourth-order valence-electron chi connectivity index (χ4n) is 3.31. The first-order valence-corrected chi connectivity index (χ1v) is 11.5. The molecule has 30 heavy (non-hydrogen) atoms. The van der Waals surface area contributed by atoms with Gasteiger partial charge < -0.3 is 20.1 Å². The number of thiophene rings is 1. The van der Waals surface area contributed by atoms with Crippen molar-refractivity contribution in [2.75, 3.05) is 26.3 Å². The zero-order chi connectivity index (χ0) is 20.3. The third-order valence-electron chi connectivity index (χ3n) is 5.10. The van der Waals surface area contributed by atoms with Gasteiger partial charge in [0.2, 0.25) is 0 Å². The molecule has 0 bridgehead atoms. The van der Waals surface area contributed by atoms with Crippen LogP contribution in [-0.2, 0) is 22.6 Å². The first-order valence-electron chi connectivity index (χ1n) is 10.6. The van der Waals surface area contributed by atoms with E-state index in [1.807, 2.05) is 0 Å². The van der Waals surface area contributed by atoms with Crippen LogP contribution in [0.4, 0.5) is 0 Å². The molecular weight excluding hydrogens is 509 g/mol. The zero-order valence-corrected chi connectivity index (χ0v) is 21.1. The molecule has 0 radical (unpaired) electrons. The molecule has 2 aromatic rings. The van der Waals surface area contributed by atoms with Gasteiger partial charge in [-0.05, 0) is 59.2 Å². The number of nitrogens with one attached hydrogen (secondary N) is 2. The standard InChI is InChI=1S/C23H33N3O2S.HI/c1-3-24-23(25-14-18(2)21-9-12-29-17-21)26-15-19-5-4-6-20(13-19)16-28-22-7-10-27-11-8-22;/h4-6,9,12-13,17-18,22H,3,7-8,10-11,14-16H2,1-2H3,(H2,24,25,26);1H. The van der Waals surface area contributed by atoms with Crippen LogP contribution in [0.3, 0.4) is 0 Å². The molecule has 7 heteroatoms. The summed E-state index contributed by atoms with van der Waals surface area (Å²) in [7, 11) is 0. The van der Waals surface area contributed by atoms with Gasteiger partial charge in [-0.25, -0.2) is 4.99 Å². The Balaban J connectivity index is 0.00000320. The molecule has 1 saturated heterocycles. The Morgan fingerprint density at radius 2 is 2.03 bits per heavy atom. The number of benzene rings is 1. The largest absolute Gasteiger partial charge is 0.381 e. The highest BCUT2D eigenvalue weighted by Gasteiger charge is 2.14. The quantitative estimate of drug-likeness (QED) is 0.268. The highest BCUT2D eigenvalue weighted by molar-refractivity contribution is 14.0. The summed E-state index contributed by atoms with van der Waals surface area (Å²) in [4.78, 5) is 4.77. The van der Waals surface area contributed by atoms with Gasteiger partial charge >= 0.3 is 0 Å². The third-order valence-corrected chi connectivity index (χ3v) is 5.80. The van der Waals surface area contributed by atoms with Crippen LogP contribution in [0.1, 0.15) is 49.3 Å². The summed E-state index contributed by atoms with van der Waals surface area (Å²) < 4.78 is 11.4. The van der Waals surface area contributed by atoms with Crippen LogP contribution >= 0.6 is 35.3 Å². The summed E-state index contributed by atoms with van der Waals surface area (Å²) in [6.07, 6.45) is 2.30. The van der Waals surface area contributed by atoms with Crippen molar-refractivity contribution < 1.29 is 9.47 Å². The number of aliphatic imine (C=N–C) groups is 1. The van der Waals surface area contributed by atoms with Gasteiger partial charge in [0.05, 0.1) is 19.3 Å². The van der Waals surface area contributed by atoms with Gasteiger partial charge in [0.15, 0.2) is 5.96 Å². The van der Waals surface area contributed by atoms with E-state index in [4.69, 9.17) is 14.5 Å². The predicted molar refractivity (Wildman–Crippen MR) is 136 cm³/mol. The number of rotatable bonds is 9. The van der Waals surface area contributed by atoms with Crippen molar-refractivity contribution in [3.8, 4) is 0 Å². The molecule has 1 aliphatic heterocycles. The van der Waals surface area contributed by atoms with Gasteiger partial charge in [0.1, 0.15) is 0 Å². The fraction of sp³-hybridized carbons (Fsp3) is 0.522. The smallest absolute Gasteiger partial charge is 0.191 e. The number of ether oxygens (including phenoxy) is 2. The van der Waals surface area contributed by atoms with Crippen LogP contribution in [0.25, 0.3) is 0 Å². The molecule has 166 valence electrons. The molecule has 2 heterocycles.